The highest BCUT2D eigenvalue weighted by Gasteiger charge is 2.48. The van der Waals surface area contributed by atoms with E-state index in [1.165, 1.54) is 19.6 Å². The second-order valence-corrected chi connectivity index (χ2v) is 8.20. The Morgan fingerprint density at radius 1 is 1.03 bits per heavy atom. The zero-order chi connectivity index (χ0) is 21.3. The van der Waals surface area contributed by atoms with Gasteiger partial charge in [0.25, 0.3) is 5.91 Å². The van der Waals surface area contributed by atoms with E-state index in [9.17, 15) is 14.4 Å². The summed E-state index contributed by atoms with van der Waals surface area (Å²) in [5.41, 5.74) is 3.50. The van der Waals surface area contributed by atoms with E-state index in [4.69, 9.17) is 4.74 Å². The van der Waals surface area contributed by atoms with Crippen LogP contribution in [0.2, 0.25) is 0 Å². The first kappa shape index (κ1) is 20.1. The highest BCUT2D eigenvalue weighted by Crippen LogP contribution is 2.52. The third-order valence-electron chi connectivity index (χ3n) is 6.45. The number of methoxy groups -OCH3 is 1. The normalized spacial score (nSPS) is 19.3. The quantitative estimate of drug-likeness (QED) is 0.792. The molecule has 2 aromatic rings. The van der Waals surface area contributed by atoms with E-state index in [1.807, 2.05) is 23.1 Å². The number of benzene rings is 2. The van der Waals surface area contributed by atoms with Crippen LogP contribution in [0.3, 0.4) is 0 Å². The molecule has 6 nitrogen and oxygen atoms in total. The molecule has 0 aromatic heterocycles. The van der Waals surface area contributed by atoms with E-state index < -0.39 is 0 Å². The molecule has 2 aromatic carbocycles. The molecule has 1 heterocycles. The maximum atomic E-state index is 13.0. The van der Waals surface area contributed by atoms with Crippen LogP contribution >= 0.6 is 0 Å². The van der Waals surface area contributed by atoms with Crippen molar-refractivity contribution in [2.24, 2.45) is 0 Å². The number of rotatable bonds is 3. The number of fused-ring (bicyclic) bond motifs is 2. The summed E-state index contributed by atoms with van der Waals surface area (Å²) in [4.78, 5) is 38.3. The zero-order valence-electron chi connectivity index (χ0n) is 17.3. The predicted octanol–water partition coefficient (Wildman–Crippen LogP) is 3.48. The maximum Gasteiger partial charge on any atom is 0.313 e. The van der Waals surface area contributed by atoms with E-state index in [-0.39, 0.29) is 29.1 Å². The molecule has 1 spiro atoms. The van der Waals surface area contributed by atoms with Crippen molar-refractivity contribution in [3.05, 3.63) is 65.2 Å². The molecular weight excluding hydrogens is 380 g/mol. The summed E-state index contributed by atoms with van der Waals surface area (Å²) in [7, 11) is 1.44. The van der Waals surface area contributed by atoms with E-state index in [2.05, 4.69) is 11.4 Å². The molecule has 1 fully saturated rings. The topological polar surface area (TPSA) is 75.7 Å². The van der Waals surface area contributed by atoms with Gasteiger partial charge in [-0.25, -0.2) is 0 Å². The second kappa shape index (κ2) is 7.94. The van der Waals surface area contributed by atoms with Gasteiger partial charge < -0.3 is 15.0 Å². The van der Waals surface area contributed by atoms with Crippen LogP contribution in [0, 0.1) is 0 Å². The van der Waals surface area contributed by atoms with E-state index in [0.29, 0.717) is 24.3 Å². The minimum atomic E-state index is -0.227. The third-order valence-corrected chi connectivity index (χ3v) is 6.45. The van der Waals surface area contributed by atoms with E-state index in [1.54, 1.807) is 24.3 Å². The SMILES string of the molecule is COC(=O)C1CC2(CCN(C(=O)c3ccc(NC(C)=O)cc3)CC2)c2ccccc21. The summed E-state index contributed by atoms with van der Waals surface area (Å²) in [6.07, 6.45) is 2.40. The first-order valence-electron chi connectivity index (χ1n) is 10.3. The van der Waals surface area contributed by atoms with Gasteiger partial charge in [-0.1, -0.05) is 24.3 Å². The van der Waals surface area contributed by atoms with E-state index in [0.717, 1.165) is 24.8 Å². The van der Waals surface area contributed by atoms with Gasteiger partial charge in [0.15, 0.2) is 0 Å². The van der Waals surface area contributed by atoms with Crippen LogP contribution in [0.25, 0.3) is 0 Å². The molecule has 1 aliphatic heterocycles. The lowest BCUT2D eigenvalue weighted by Gasteiger charge is -2.40. The number of carbonyl (C=O) groups is 3. The van der Waals surface area contributed by atoms with Gasteiger partial charge in [0.05, 0.1) is 13.0 Å². The largest absolute Gasteiger partial charge is 0.469 e. The maximum absolute atomic E-state index is 13.0. The Labute approximate surface area is 176 Å². The fourth-order valence-electron chi connectivity index (χ4n) is 4.94. The number of nitrogens with zero attached hydrogens (tertiary/aromatic N) is 1. The van der Waals surface area contributed by atoms with Crippen LogP contribution in [-0.4, -0.2) is 42.9 Å². The first-order chi connectivity index (χ1) is 14.4. The monoisotopic (exact) mass is 406 g/mol. The number of carbonyl (C=O) groups excluding carboxylic acids is 3. The molecule has 1 atom stereocenters. The Morgan fingerprint density at radius 3 is 2.33 bits per heavy atom. The van der Waals surface area contributed by atoms with Crippen LogP contribution < -0.4 is 5.32 Å². The van der Waals surface area contributed by atoms with Gasteiger partial charge in [0.1, 0.15) is 0 Å². The molecule has 0 radical (unpaired) electrons. The zero-order valence-corrected chi connectivity index (χ0v) is 17.3. The van der Waals surface area contributed by atoms with Gasteiger partial charge >= 0.3 is 5.97 Å². The molecule has 0 saturated carbocycles. The molecule has 4 rings (SSSR count). The lowest BCUT2D eigenvalue weighted by atomic mass is 9.73. The Balaban J connectivity index is 1.48. The molecule has 1 aliphatic carbocycles. The minimum Gasteiger partial charge on any atom is -0.469 e. The Kier molecular flexibility index (Phi) is 5.33. The number of nitrogens with one attached hydrogen (secondary N) is 1. The lowest BCUT2D eigenvalue weighted by Crippen LogP contribution is -2.44. The average Bonchev–Trinajstić information content (AvgIpc) is 3.08. The molecule has 1 unspecified atom stereocenters. The minimum absolute atomic E-state index is 0.00461. The number of hydrogen-bond acceptors (Lipinski definition) is 4. The molecule has 30 heavy (non-hydrogen) atoms. The van der Waals surface area contributed by atoms with E-state index >= 15 is 0 Å². The van der Waals surface area contributed by atoms with Crippen molar-refractivity contribution < 1.29 is 19.1 Å². The third kappa shape index (κ3) is 3.58. The fourth-order valence-corrected chi connectivity index (χ4v) is 4.94. The van der Waals surface area contributed by atoms with Gasteiger partial charge in [-0.05, 0) is 54.7 Å². The number of esters is 1. The number of anilines is 1. The standard InChI is InChI=1S/C24H26N2O4/c1-16(27)25-18-9-7-17(8-10-18)22(28)26-13-11-24(12-14-26)15-20(23(29)30-2)19-5-3-4-6-21(19)24/h3-10,20H,11-15H2,1-2H3,(H,25,27). The highest BCUT2D eigenvalue weighted by atomic mass is 16.5. The highest BCUT2D eigenvalue weighted by molar-refractivity contribution is 5.95. The predicted molar refractivity (Wildman–Crippen MR) is 113 cm³/mol. The van der Waals surface area contributed by atoms with Gasteiger partial charge in [-0.15, -0.1) is 0 Å². The van der Waals surface area contributed by atoms with Gasteiger partial charge in [0.2, 0.25) is 5.91 Å². The van der Waals surface area contributed by atoms with Crippen LogP contribution in [0.1, 0.15) is 53.6 Å². The number of amides is 2. The Bertz CT molecular complexity index is 975. The van der Waals surface area contributed by atoms with Crippen LogP contribution in [0.4, 0.5) is 5.69 Å². The van der Waals surface area contributed by atoms with Crippen LogP contribution in [0.5, 0.6) is 0 Å². The van der Waals surface area contributed by atoms with Crippen molar-refractivity contribution in [3.63, 3.8) is 0 Å². The number of ether oxygens (including phenoxy) is 1. The van der Waals surface area contributed by atoms with Gasteiger partial charge in [-0.2, -0.15) is 0 Å². The summed E-state index contributed by atoms with van der Waals surface area (Å²) in [6, 6.07) is 15.1. The van der Waals surface area contributed by atoms with Crippen molar-refractivity contribution in [2.75, 3.05) is 25.5 Å². The van der Waals surface area contributed by atoms with Crippen molar-refractivity contribution in [2.45, 2.75) is 37.5 Å². The molecule has 156 valence electrons. The molecule has 2 amide bonds. The van der Waals surface area contributed by atoms with Crippen molar-refractivity contribution >= 4 is 23.5 Å². The first-order valence-corrected chi connectivity index (χ1v) is 10.3. The van der Waals surface area contributed by atoms with Gasteiger partial charge in [0, 0.05) is 36.7 Å². The summed E-state index contributed by atoms with van der Waals surface area (Å²) < 4.78 is 5.05. The second-order valence-electron chi connectivity index (χ2n) is 8.20. The molecular formula is C24H26N2O4. The number of piperidine rings is 1. The smallest absolute Gasteiger partial charge is 0.313 e. The van der Waals surface area contributed by atoms with Crippen LogP contribution in [-0.2, 0) is 19.7 Å². The van der Waals surface area contributed by atoms with Crippen molar-refractivity contribution in [1.82, 2.24) is 4.90 Å². The Hall–Kier alpha value is -3.15. The molecule has 1 saturated heterocycles. The molecule has 0 bridgehead atoms. The van der Waals surface area contributed by atoms with Crippen molar-refractivity contribution in [3.8, 4) is 0 Å². The summed E-state index contributed by atoms with van der Waals surface area (Å²) in [5, 5.41) is 2.71. The summed E-state index contributed by atoms with van der Waals surface area (Å²) in [6.45, 7) is 2.75. The van der Waals surface area contributed by atoms with Crippen LogP contribution in [0.15, 0.2) is 48.5 Å². The molecule has 2 aliphatic rings. The number of likely N-dealkylation sites (tertiary alicyclic amines) is 1. The molecule has 6 heteroatoms. The van der Waals surface area contributed by atoms with Crippen molar-refractivity contribution in [1.29, 1.82) is 0 Å². The lowest BCUT2D eigenvalue weighted by molar-refractivity contribution is -0.142. The summed E-state index contributed by atoms with van der Waals surface area (Å²) >= 11 is 0. The van der Waals surface area contributed by atoms with Gasteiger partial charge in [-0.3, -0.25) is 14.4 Å². The summed E-state index contributed by atoms with van der Waals surface area (Å²) in [5.74, 6) is -0.556. The molecule has 1 N–H and O–H groups in total. The number of hydrogen-bond donors (Lipinski definition) is 1. The fraction of sp³-hybridized carbons (Fsp3) is 0.375. The average molecular weight is 406 g/mol. The Morgan fingerprint density at radius 2 is 1.70 bits per heavy atom.